The summed E-state index contributed by atoms with van der Waals surface area (Å²) >= 11 is 0. The molecule has 0 spiro atoms. The first-order valence-corrected chi connectivity index (χ1v) is 13.1. The normalized spacial score (nSPS) is 21.8. The van der Waals surface area contributed by atoms with E-state index in [0.29, 0.717) is 36.6 Å². The Bertz CT molecular complexity index is 1530. The lowest BCUT2D eigenvalue weighted by molar-refractivity contribution is 0.0602. The second-order valence-corrected chi connectivity index (χ2v) is 10.3. The van der Waals surface area contributed by atoms with Crippen molar-refractivity contribution < 1.29 is 14.6 Å². The molecular weight excluding hydrogens is 480 g/mol. The Labute approximate surface area is 221 Å². The van der Waals surface area contributed by atoms with Gasteiger partial charge in [-0.2, -0.15) is 5.10 Å². The lowest BCUT2D eigenvalue weighted by atomic mass is 9.97. The van der Waals surface area contributed by atoms with Crippen LogP contribution in [0, 0.1) is 18.3 Å². The average Bonchev–Trinajstić information content (AvgIpc) is 3.53. The van der Waals surface area contributed by atoms with E-state index in [0.717, 1.165) is 47.1 Å². The van der Waals surface area contributed by atoms with Crippen molar-refractivity contribution in [2.45, 2.75) is 38.3 Å². The van der Waals surface area contributed by atoms with Crippen LogP contribution in [0.25, 0.3) is 16.4 Å². The van der Waals surface area contributed by atoms with Crippen LogP contribution in [-0.2, 0) is 0 Å². The van der Waals surface area contributed by atoms with Crippen molar-refractivity contribution in [2.24, 2.45) is 5.92 Å². The van der Waals surface area contributed by atoms with Crippen LogP contribution in [0.4, 0.5) is 5.82 Å². The van der Waals surface area contributed by atoms with Gasteiger partial charge in [0.1, 0.15) is 11.6 Å². The number of likely N-dealkylation sites (tertiary alicyclic amines) is 1. The molecule has 4 aromatic rings. The summed E-state index contributed by atoms with van der Waals surface area (Å²) < 4.78 is 7.42. The van der Waals surface area contributed by atoms with Gasteiger partial charge >= 0.3 is 0 Å². The third-order valence-electron chi connectivity index (χ3n) is 7.87. The van der Waals surface area contributed by atoms with Crippen LogP contribution in [0.1, 0.15) is 46.9 Å². The van der Waals surface area contributed by atoms with Crippen LogP contribution in [-0.4, -0.2) is 69.6 Å². The fourth-order valence-corrected chi connectivity index (χ4v) is 5.84. The number of amides is 1. The SMILES string of the molecule is COc1cc2ccccc2cc1C(=O)N1CCCC[C@H]1c1cc2nc(N3C[C@@H](C=N)[C@@H](O)C3)c(C)cn2n1. The summed E-state index contributed by atoms with van der Waals surface area (Å²) in [5.41, 5.74) is 3.03. The Morgan fingerprint density at radius 2 is 1.95 bits per heavy atom. The van der Waals surface area contributed by atoms with E-state index in [2.05, 4.69) is 0 Å². The highest BCUT2D eigenvalue weighted by molar-refractivity contribution is 6.02. The number of aliphatic hydroxyl groups excluding tert-OH is 1. The van der Waals surface area contributed by atoms with Gasteiger partial charge in [0.15, 0.2) is 5.65 Å². The van der Waals surface area contributed by atoms with Gasteiger partial charge in [-0.1, -0.05) is 24.3 Å². The molecule has 2 saturated heterocycles. The molecule has 1 amide bonds. The summed E-state index contributed by atoms with van der Waals surface area (Å²) in [6.07, 6.45) is 5.49. The molecule has 6 rings (SSSR count). The fourth-order valence-electron chi connectivity index (χ4n) is 5.84. The van der Waals surface area contributed by atoms with Crippen LogP contribution >= 0.6 is 0 Å². The number of hydrogen-bond acceptors (Lipinski definition) is 7. The molecule has 9 nitrogen and oxygen atoms in total. The average molecular weight is 513 g/mol. The second-order valence-electron chi connectivity index (χ2n) is 10.3. The van der Waals surface area contributed by atoms with Gasteiger partial charge in [-0.25, -0.2) is 9.50 Å². The molecule has 38 heavy (non-hydrogen) atoms. The molecule has 2 fully saturated rings. The summed E-state index contributed by atoms with van der Waals surface area (Å²) in [5.74, 6) is 1.13. The van der Waals surface area contributed by atoms with Gasteiger partial charge in [0, 0.05) is 49.6 Å². The zero-order chi connectivity index (χ0) is 26.4. The number of hydrogen-bond donors (Lipinski definition) is 2. The number of benzene rings is 2. The van der Waals surface area contributed by atoms with E-state index >= 15 is 0 Å². The summed E-state index contributed by atoms with van der Waals surface area (Å²) in [6.45, 7) is 3.65. The van der Waals surface area contributed by atoms with Crippen LogP contribution in [0.15, 0.2) is 48.7 Å². The number of carbonyl (C=O) groups excluding carboxylic acids is 1. The molecule has 0 saturated carbocycles. The minimum atomic E-state index is -0.570. The molecule has 4 heterocycles. The quantitative estimate of drug-likeness (QED) is 0.391. The molecule has 196 valence electrons. The van der Waals surface area contributed by atoms with Crippen molar-refractivity contribution in [2.75, 3.05) is 31.6 Å². The van der Waals surface area contributed by atoms with Gasteiger partial charge in [-0.05, 0) is 49.1 Å². The van der Waals surface area contributed by atoms with Crippen molar-refractivity contribution in [1.82, 2.24) is 19.5 Å². The monoisotopic (exact) mass is 512 g/mol. The third-order valence-corrected chi connectivity index (χ3v) is 7.87. The number of methoxy groups -OCH3 is 1. The fraction of sp³-hybridized carbons (Fsp3) is 0.379. The Morgan fingerprint density at radius 3 is 2.68 bits per heavy atom. The Hall–Kier alpha value is -3.98. The standard InChI is InChI=1S/C29H32N6O3/c1-18-15-35-27(31-28(18)33-16-21(14-30)25(36)17-33)13-23(32-35)24-9-5-6-10-34(24)29(37)22-11-19-7-3-4-8-20(19)12-26(22)38-2/h3-4,7-8,11-15,21,24-25,30,36H,5-6,9-10,16-17H2,1-2H3/t21-,24+,25+/m1/s1. The molecule has 2 aromatic carbocycles. The third kappa shape index (κ3) is 4.16. The Morgan fingerprint density at radius 1 is 1.16 bits per heavy atom. The highest BCUT2D eigenvalue weighted by Gasteiger charge is 2.34. The predicted octanol–water partition coefficient (Wildman–Crippen LogP) is 4.01. The molecular formula is C29H32N6O3. The number of nitrogens with zero attached hydrogens (tertiary/aromatic N) is 5. The number of fused-ring (bicyclic) bond motifs is 2. The number of aromatic nitrogens is 3. The molecule has 2 N–H and O–H groups in total. The van der Waals surface area contributed by atoms with Crippen LogP contribution in [0.5, 0.6) is 5.75 Å². The van der Waals surface area contributed by atoms with E-state index < -0.39 is 6.10 Å². The van der Waals surface area contributed by atoms with Gasteiger partial charge in [-0.3, -0.25) is 4.79 Å². The first-order chi connectivity index (χ1) is 18.5. The number of β-amino-alcohol motifs (C(OH)–C–C–N with tert-alkyl or cyclic N) is 1. The van der Waals surface area contributed by atoms with E-state index in [-0.39, 0.29) is 17.9 Å². The summed E-state index contributed by atoms with van der Waals surface area (Å²) in [5, 5.41) is 24.8. The smallest absolute Gasteiger partial charge is 0.258 e. The van der Waals surface area contributed by atoms with Crippen molar-refractivity contribution in [1.29, 1.82) is 5.41 Å². The number of piperidine rings is 1. The molecule has 2 aliphatic heterocycles. The zero-order valence-corrected chi connectivity index (χ0v) is 21.7. The van der Waals surface area contributed by atoms with Gasteiger partial charge < -0.3 is 25.1 Å². The molecule has 2 aliphatic rings. The van der Waals surface area contributed by atoms with Crippen molar-refractivity contribution in [3.05, 3.63) is 65.5 Å². The van der Waals surface area contributed by atoms with Crippen molar-refractivity contribution in [3.8, 4) is 5.75 Å². The maximum Gasteiger partial charge on any atom is 0.258 e. The number of ether oxygens (including phenoxy) is 1. The zero-order valence-electron chi connectivity index (χ0n) is 21.7. The van der Waals surface area contributed by atoms with E-state index in [1.807, 2.05) is 65.4 Å². The molecule has 0 bridgehead atoms. The van der Waals surface area contributed by atoms with Crippen molar-refractivity contribution >= 4 is 34.4 Å². The number of anilines is 1. The lowest BCUT2D eigenvalue weighted by Crippen LogP contribution is -2.38. The van der Waals surface area contributed by atoms with Gasteiger partial charge in [0.25, 0.3) is 5.91 Å². The summed E-state index contributed by atoms with van der Waals surface area (Å²) in [7, 11) is 1.60. The van der Waals surface area contributed by atoms with Crippen LogP contribution in [0.3, 0.4) is 0 Å². The second kappa shape index (κ2) is 9.72. The first-order valence-electron chi connectivity index (χ1n) is 13.1. The maximum absolute atomic E-state index is 13.9. The number of aryl methyl sites for hydroxylation is 1. The lowest BCUT2D eigenvalue weighted by Gasteiger charge is -2.35. The minimum absolute atomic E-state index is 0.0528. The molecule has 9 heteroatoms. The predicted molar refractivity (Wildman–Crippen MR) is 146 cm³/mol. The number of rotatable bonds is 5. The number of carbonyl (C=O) groups is 1. The number of nitrogens with one attached hydrogen (secondary N) is 1. The highest BCUT2D eigenvalue weighted by atomic mass is 16.5. The molecule has 0 unspecified atom stereocenters. The molecule has 2 aromatic heterocycles. The van der Waals surface area contributed by atoms with Crippen molar-refractivity contribution in [3.63, 3.8) is 0 Å². The minimum Gasteiger partial charge on any atom is -0.496 e. The van der Waals surface area contributed by atoms with E-state index in [4.69, 9.17) is 20.2 Å². The van der Waals surface area contributed by atoms with E-state index in [9.17, 15) is 9.90 Å². The van der Waals surface area contributed by atoms with E-state index in [1.54, 1.807) is 11.6 Å². The highest BCUT2D eigenvalue weighted by Crippen LogP contribution is 2.35. The summed E-state index contributed by atoms with van der Waals surface area (Å²) in [6, 6.07) is 13.6. The van der Waals surface area contributed by atoms with Crippen LogP contribution in [0.2, 0.25) is 0 Å². The largest absolute Gasteiger partial charge is 0.496 e. The number of aliphatic hydroxyl groups is 1. The topological polar surface area (TPSA) is 107 Å². The summed E-state index contributed by atoms with van der Waals surface area (Å²) in [4.78, 5) is 22.8. The van der Waals surface area contributed by atoms with Crippen LogP contribution < -0.4 is 9.64 Å². The van der Waals surface area contributed by atoms with E-state index in [1.165, 1.54) is 6.21 Å². The van der Waals surface area contributed by atoms with Gasteiger partial charge in [-0.15, -0.1) is 0 Å². The first kappa shape index (κ1) is 24.4. The Balaban J connectivity index is 1.34. The van der Waals surface area contributed by atoms with Gasteiger partial charge in [0.05, 0.1) is 30.5 Å². The molecule has 0 radical (unpaired) electrons. The molecule has 3 atom stereocenters. The maximum atomic E-state index is 13.9. The van der Waals surface area contributed by atoms with Gasteiger partial charge in [0.2, 0.25) is 0 Å². The Kier molecular flexibility index (Phi) is 6.23. The molecule has 0 aliphatic carbocycles.